The Morgan fingerprint density at radius 2 is 2.14 bits per heavy atom. The number of hydrogen-bond acceptors (Lipinski definition) is 1. The van der Waals surface area contributed by atoms with Crippen LogP contribution in [-0.2, 0) is 12.8 Å². The molecule has 0 N–H and O–H groups in total. The molecule has 0 fully saturated rings. The average Bonchev–Trinajstić information content (AvgIpc) is 2.20. The Bertz CT molecular complexity index is 382. The van der Waals surface area contributed by atoms with Gasteiger partial charge in [-0.15, -0.1) is 0 Å². The van der Waals surface area contributed by atoms with Gasteiger partial charge in [-0.05, 0) is 36.5 Å². The van der Waals surface area contributed by atoms with Crippen LogP contribution in [0.5, 0.6) is 0 Å². The van der Waals surface area contributed by atoms with Crippen molar-refractivity contribution in [2.75, 3.05) is 0 Å². The number of aryl methyl sites for hydroxylation is 1. The van der Waals surface area contributed by atoms with E-state index < -0.39 is 0 Å². The molecule has 0 spiro atoms. The van der Waals surface area contributed by atoms with Crippen molar-refractivity contribution < 1.29 is 4.79 Å². The fraction of sp³-hybridized carbons (Fsp3) is 0.417. The molecular formula is C12H13ClO. The van der Waals surface area contributed by atoms with Gasteiger partial charge in [-0.2, -0.15) is 0 Å². The first-order chi connectivity index (χ1) is 6.74. The van der Waals surface area contributed by atoms with Crippen LogP contribution in [0.4, 0.5) is 0 Å². The van der Waals surface area contributed by atoms with Gasteiger partial charge in [0.2, 0.25) is 0 Å². The molecular weight excluding hydrogens is 196 g/mol. The predicted octanol–water partition coefficient (Wildman–Crippen LogP) is 3.42. The molecule has 0 unspecified atom stereocenters. The van der Waals surface area contributed by atoms with Gasteiger partial charge in [0.25, 0.3) is 0 Å². The number of hydrogen-bond donors (Lipinski definition) is 0. The summed E-state index contributed by atoms with van der Waals surface area (Å²) in [6.45, 7) is 2.07. The molecule has 0 heterocycles. The molecule has 1 aromatic carbocycles. The predicted molar refractivity (Wildman–Crippen MR) is 58.1 cm³/mol. The molecule has 1 aromatic rings. The van der Waals surface area contributed by atoms with E-state index >= 15 is 0 Å². The first-order valence-corrected chi connectivity index (χ1v) is 5.45. The summed E-state index contributed by atoms with van der Waals surface area (Å²) in [5.74, 6) is 0.269. The maximum atomic E-state index is 11.8. The van der Waals surface area contributed by atoms with Crippen LogP contribution in [0.2, 0.25) is 5.02 Å². The summed E-state index contributed by atoms with van der Waals surface area (Å²) in [6.07, 6.45) is 3.48. The van der Waals surface area contributed by atoms with E-state index in [4.69, 9.17) is 11.6 Å². The van der Waals surface area contributed by atoms with Crippen molar-refractivity contribution in [1.82, 2.24) is 0 Å². The van der Waals surface area contributed by atoms with Crippen LogP contribution in [0.15, 0.2) is 12.1 Å². The quantitative estimate of drug-likeness (QED) is 0.691. The summed E-state index contributed by atoms with van der Waals surface area (Å²) >= 11 is 6.08. The van der Waals surface area contributed by atoms with Crippen molar-refractivity contribution >= 4 is 17.4 Å². The van der Waals surface area contributed by atoms with Gasteiger partial charge in [0.15, 0.2) is 5.78 Å². The fourth-order valence-corrected chi connectivity index (χ4v) is 2.36. The molecule has 2 heteroatoms. The van der Waals surface area contributed by atoms with Crippen LogP contribution in [0.25, 0.3) is 0 Å². The van der Waals surface area contributed by atoms with Crippen LogP contribution < -0.4 is 0 Å². The third-order valence-corrected chi connectivity index (χ3v) is 3.19. The lowest BCUT2D eigenvalue weighted by molar-refractivity contribution is 0.0971. The smallest absolute Gasteiger partial charge is 0.163 e. The van der Waals surface area contributed by atoms with E-state index in [9.17, 15) is 4.79 Å². The van der Waals surface area contributed by atoms with Crippen molar-refractivity contribution in [1.29, 1.82) is 0 Å². The standard InChI is InChI=1S/C12H13ClO/c1-2-8-6-7-10(13)9-4-3-5-11(14)12(8)9/h6-7H,2-5H2,1H3. The van der Waals surface area contributed by atoms with Crippen LogP contribution in [0, 0.1) is 0 Å². The van der Waals surface area contributed by atoms with E-state index in [-0.39, 0.29) is 5.78 Å². The van der Waals surface area contributed by atoms with Crippen molar-refractivity contribution in [3.63, 3.8) is 0 Å². The van der Waals surface area contributed by atoms with Crippen molar-refractivity contribution in [2.45, 2.75) is 32.6 Å². The Morgan fingerprint density at radius 3 is 2.86 bits per heavy atom. The van der Waals surface area contributed by atoms with Gasteiger partial charge >= 0.3 is 0 Å². The van der Waals surface area contributed by atoms with Gasteiger partial charge in [-0.3, -0.25) is 4.79 Å². The lowest BCUT2D eigenvalue weighted by Gasteiger charge is -2.18. The van der Waals surface area contributed by atoms with E-state index in [0.717, 1.165) is 41.0 Å². The Morgan fingerprint density at radius 1 is 1.36 bits per heavy atom. The molecule has 2 rings (SSSR count). The second kappa shape index (κ2) is 3.74. The normalized spacial score (nSPS) is 15.4. The molecule has 74 valence electrons. The lowest BCUT2D eigenvalue weighted by Crippen LogP contribution is -2.14. The fourth-order valence-electron chi connectivity index (χ4n) is 2.11. The first kappa shape index (κ1) is 9.72. The van der Waals surface area contributed by atoms with Crippen molar-refractivity contribution in [2.24, 2.45) is 0 Å². The third-order valence-electron chi connectivity index (χ3n) is 2.83. The molecule has 0 amide bonds. The van der Waals surface area contributed by atoms with Crippen LogP contribution in [-0.4, -0.2) is 5.78 Å². The molecule has 0 radical (unpaired) electrons. The highest BCUT2D eigenvalue weighted by molar-refractivity contribution is 6.32. The highest BCUT2D eigenvalue weighted by atomic mass is 35.5. The summed E-state index contributed by atoms with van der Waals surface area (Å²) in [7, 11) is 0. The number of carbonyl (C=O) groups is 1. The molecule has 0 saturated heterocycles. The molecule has 1 nitrogen and oxygen atoms in total. The highest BCUT2D eigenvalue weighted by Crippen LogP contribution is 2.30. The zero-order valence-electron chi connectivity index (χ0n) is 8.27. The minimum Gasteiger partial charge on any atom is -0.294 e. The summed E-state index contributed by atoms with van der Waals surface area (Å²) < 4.78 is 0. The van der Waals surface area contributed by atoms with Crippen molar-refractivity contribution in [3.8, 4) is 0 Å². The molecule has 0 saturated carbocycles. The van der Waals surface area contributed by atoms with Crippen LogP contribution in [0.1, 0.15) is 41.3 Å². The number of ketones is 1. The monoisotopic (exact) mass is 208 g/mol. The van der Waals surface area contributed by atoms with E-state index in [1.54, 1.807) is 0 Å². The summed E-state index contributed by atoms with van der Waals surface area (Å²) in [5, 5.41) is 0.755. The van der Waals surface area contributed by atoms with Crippen molar-refractivity contribution in [3.05, 3.63) is 33.8 Å². The van der Waals surface area contributed by atoms with Gasteiger partial charge in [0.1, 0.15) is 0 Å². The van der Waals surface area contributed by atoms with E-state index in [2.05, 4.69) is 6.92 Å². The van der Waals surface area contributed by atoms with E-state index in [0.29, 0.717) is 6.42 Å². The van der Waals surface area contributed by atoms with Crippen LogP contribution in [0.3, 0.4) is 0 Å². The SMILES string of the molecule is CCc1ccc(Cl)c2c1C(=O)CCC2. The maximum absolute atomic E-state index is 11.8. The van der Waals surface area contributed by atoms with Gasteiger partial charge in [-0.25, -0.2) is 0 Å². The number of halogens is 1. The zero-order valence-corrected chi connectivity index (χ0v) is 9.03. The number of carbonyl (C=O) groups excluding carboxylic acids is 1. The second-order valence-electron chi connectivity index (χ2n) is 3.69. The Labute approximate surface area is 89.1 Å². The maximum Gasteiger partial charge on any atom is 0.163 e. The lowest BCUT2D eigenvalue weighted by atomic mass is 9.86. The average molecular weight is 209 g/mol. The minimum atomic E-state index is 0.269. The Hall–Kier alpha value is -0.820. The summed E-state index contributed by atoms with van der Waals surface area (Å²) in [6, 6.07) is 3.89. The number of fused-ring (bicyclic) bond motifs is 1. The first-order valence-electron chi connectivity index (χ1n) is 5.07. The Balaban J connectivity index is 2.64. The molecule has 0 aliphatic heterocycles. The molecule has 0 bridgehead atoms. The summed E-state index contributed by atoms with van der Waals surface area (Å²) in [4.78, 5) is 11.8. The van der Waals surface area contributed by atoms with E-state index in [1.807, 2.05) is 12.1 Å². The molecule has 0 atom stereocenters. The molecule has 1 aliphatic carbocycles. The minimum absolute atomic E-state index is 0.269. The second-order valence-corrected chi connectivity index (χ2v) is 4.10. The number of rotatable bonds is 1. The highest BCUT2D eigenvalue weighted by Gasteiger charge is 2.21. The third kappa shape index (κ3) is 1.46. The zero-order chi connectivity index (χ0) is 10.1. The van der Waals surface area contributed by atoms with Gasteiger partial charge in [0, 0.05) is 17.0 Å². The summed E-state index contributed by atoms with van der Waals surface area (Å²) in [5.41, 5.74) is 3.13. The van der Waals surface area contributed by atoms with Crippen LogP contribution >= 0.6 is 11.6 Å². The Kier molecular flexibility index (Phi) is 2.60. The topological polar surface area (TPSA) is 17.1 Å². The number of benzene rings is 1. The largest absolute Gasteiger partial charge is 0.294 e. The molecule has 1 aliphatic rings. The van der Waals surface area contributed by atoms with Gasteiger partial charge in [-0.1, -0.05) is 24.6 Å². The molecule has 0 aromatic heterocycles. The number of Topliss-reactive ketones (excluding diaryl/α,β-unsaturated/α-hetero) is 1. The van der Waals surface area contributed by atoms with Gasteiger partial charge < -0.3 is 0 Å². The van der Waals surface area contributed by atoms with Gasteiger partial charge in [0.05, 0.1) is 0 Å². The van der Waals surface area contributed by atoms with E-state index in [1.165, 1.54) is 0 Å². The molecule has 14 heavy (non-hydrogen) atoms.